The maximum absolute atomic E-state index is 14.2. The minimum atomic E-state index is -2.80. The SMILES string of the molecule is COC(=O)C[C@@H](C(=O)Nc1c(O)c2c(c(N(C)C)c1Cl)CC1CC3C(N(C)C)C(=O)C(C(N)=O)=C(O)C3(O)C(=O)C1=C2O)N(C)C. The molecule has 7 N–H and O–H groups in total. The molecule has 0 aromatic heterocycles. The van der Waals surface area contributed by atoms with Gasteiger partial charge in [-0.3, -0.25) is 33.8 Å². The number of Topliss-reactive ketones (excluding diaryl/α,β-unsaturated/α-hetero) is 2. The lowest BCUT2D eigenvalue weighted by molar-refractivity contribution is -0.153. The number of nitrogens with zero attached hydrogens (tertiary/aromatic N) is 3. The molecule has 1 fully saturated rings. The van der Waals surface area contributed by atoms with E-state index in [2.05, 4.69) is 10.1 Å². The zero-order valence-electron chi connectivity index (χ0n) is 26.5. The molecule has 0 bridgehead atoms. The highest BCUT2D eigenvalue weighted by Crippen LogP contribution is 2.56. The van der Waals surface area contributed by atoms with Gasteiger partial charge in [0, 0.05) is 25.6 Å². The first-order valence-corrected chi connectivity index (χ1v) is 14.6. The van der Waals surface area contributed by atoms with Gasteiger partial charge in [-0.25, -0.2) is 0 Å². The van der Waals surface area contributed by atoms with Crippen LogP contribution in [0.4, 0.5) is 11.4 Å². The Hall–Kier alpha value is -4.18. The second kappa shape index (κ2) is 12.2. The van der Waals surface area contributed by atoms with Crippen molar-refractivity contribution >= 4 is 58.1 Å². The van der Waals surface area contributed by atoms with Gasteiger partial charge in [0.1, 0.15) is 22.8 Å². The number of aliphatic hydroxyl groups excluding tert-OH is 2. The van der Waals surface area contributed by atoms with Crippen LogP contribution in [-0.2, 0) is 35.1 Å². The molecule has 1 aromatic rings. The molecule has 15 nitrogen and oxygen atoms in total. The molecule has 3 aliphatic rings. The standard InChI is InChI=1S/C30H38ClN5O10/c1-34(2)14(10-15(37)46-7)29(44)33-20-19(31)21(35(3)4)12-8-11-9-13-22(36(5)6)25(40)18(28(32)43)27(42)30(13,45)26(41)16(11)23(38)17(12)24(20)39/h11,13-14,22,38-39,42,45H,8-10H2,1-7H3,(H2,32,43)(H,33,44)/t11?,13?,14-,22?,30?/m0/s1. The number of esters is 1. The number of hydrogen-bond acceptors (Lipinski definition) is 13. The Labute approximate surface area is 269 Å². The van der Waals surface area contributed by atoms with Crippen molar-refractivity contribution in [2.24, 2.45) is 17.6 Å². The van der Waals surface area contributed by atoms with Gasteiger partial charge in [0.05, 0.1) is 41.9 Å². The topological polar surface area (TPSA) is 223 Å². The zero-order chi connectivity index (χ0) is 34.7. The molecule has 1 aromatic carbocycles. The van der Waals surface area contributed by atoms with Gasteiger partial charge in [-0.05, 0) is 52.5 Å². The van der Waals surface area contributed by atoms with E-state index in [1.807, 2.05) is 0 Å². The number of carbonyl (C=O) groups is 5. The van der Waals surface area contributed by atoms with Crippen LogP contribution in [0.15, 0.2) is 16.9 Å². The lowest BCUT2D eigenvalue weighted by Crippen LogP contribution is -2.65. The molecule has 3 aliphatic carbocycles. The van der Waals surface area contributed by atoms with Crippen molar-refractivity contribution in [1.29, 1.82) is 0 Å². The van der Waals surface area contributed by atoms with Crippen LogP contribution in [0.1, 0.15) is 24.0 Å². The van der Waals surface area contributed by atoms with Gasteiger partial charge in [-0.15, -0.1) is 0 Å². The van der Waals surface area contributed by atoms with E-state index in [9.17, 15) is 44.4 Å². The lowest BCUT2D eigenvalue weighted by Gasteiger charge is -2.50. The number of phenols is 1. The fourth-order valence-corrected chi connectivity index (χ4v) is 7.28. The number of hydrogen-bond donors (Lipinski definition) is 6. The Kier molecular flexibility index (Phi) is 9.20. The first kappa shape index (κ1) is 34.7. The largest absolute Gasteiger partial charge is 0.508 e. The molecule has 0 aliphatic heterocycles. The molecule has 0 heterocycles. The normalized spacial score (nSPS) is 24.8. The summed E-state index contributed by atoms with van der Waals surface area (Å²) in [7, 11) is 10.6. The molecule has 2 amide bonds. The molecule has 5 atom stereocenters. The third-order valence-corrected chi connectivity index (χ3v) is 9.38. The predicted molar refractivity (Wildman–Crippen MR) is 166 cm³/mol. The Bertz CT molecular complexity index is 1620. The number of amides is 2. The van der Waals surface area contributed by atoms with Crippen LogP contribution in [0, 0.1) is 11.8 Å². The average Bonchev–Trinajstić information content (AvgIpc) is 2.94. The highest BCUT2D eigenvalue weighted by atomic mass is 35.5. The number of fused-ring (bicyclic) bond motifs is 3. The van der Waals surface area contributed by atoms with Crippen LogP contribution in [0.25, 0.3) is 5.76 Å². The summed E-state index contributed by atoms with van der Waals surface area (Å²) in [6.07, 6.45) is -0.440. The van der Waals surface area contributed by atoms with Gasteiger partial charge >= 0.3 is 5.97 Å². The number of methoxy groups -OCH3 is 1. The number of rotatable bonds is 8. The first-order valence-electron chi connectivity index (χ1n) is 14.3. The van der Waals surface area contributed by atoms with E-state index >= 15 is 0 Å². The summed E-state index contributed by atoms with van der Waals surface area (Å²) in [5.41, 5.74) is 1.33. The van der Waals surface area contributed by atoms with Crippen LogP contribution < -0.4 is 16.0 Å². The van der Waals surface area contributed by atoms with Gasteiger partial charge in [0.2, 0.25) is 11.7 Å². The number of aromatic hydroxyl groups is 1. The summed E-state index contributed by atoms with van der Waals surface area (Å²) in [5.74, 6) is -9.48. The van der Waals surface area contributed by atoms with E-state index in [4.69, 9.17) is 17.3 Å². The smallest absolute Gasteiger partial charge is 0.307 e. The van der Waals surface area contributed by atoms with Crippen LogP contribution in [-0.4, -0.2) is 127 Å². The van der Waals surface area contributed by atoms with E-state index in [0.717, 1.165) is 0 Å². The van der Waals surface area contributed by atoms with Crippen LogP contribution in [0.5, 0.6) is 5.75 Å². The Morgan fingerprint density at radius 3 is 2.22 bits per heavy atom. The number of benzene rings is 1. The minimum absolute atomic E-state index is 0.00772. The molecular weight excluding hydrogens is 626 g/mol. The number of carbonyl (C=O) groups excluding carboxylic acids is 5. The number of ketones is 2. The average molecular weight is 664 g/mol. The second-order valence-corrected chi connectivity index (χ2v) is 12.7. The number of primary amides is 1. The predicted octanol–water partition coefficient (Wildman–Crippen LogP) is 0.115. The van der Waals surface area contributed by atoms with Crippen molar-refractivity contribution in [3.63, 3.8) is 0 Å². The van der Waals surface area contributed by atoms with Gasteiger partial charge < -0.3 is 41.1 Å². The molecule has 0 spiro atoms. The van der Waals surface area contributed by atoms with Crippen molar-refractivity contribution < 1.29 is 49.1 Å². The monoisotopic (exact) mass is 663 g/mol. The molecule has 46 heavy (non-hydrogen) atoms. The molecular formula is C30H38ClN5O10. The third-order valence-electron chi connectivity index (χ3n) is 9.01. The van der Waals surface area contributed by atoms with Gasteiger partial charge in [0.15, 0.2) is 17.1 Å². The number of anilines is 2. The van der Waals surface area contributed by atoms with Crippen molar-refractivity contribution in [3.05, 3.63) is 33.1 Å². The fraction of sp³-hybridized carbons (Fsp3) is 0.500. The summed E-state index contributed by atoms with van der Waals surface area (Å²) in [6, 6.07) is -2.27. The van der Waals surface area contributed by atoms with Crippen molar-refractivity contribution in [3.8, 4) is 5.75 Å². The Morgan fingerprint density at radius 2 is 1.72 bits per heavy atom. The number of aliphatic hydroxyl groups is 3. The number of nitrogens with one attached hydrogen (secondary N) is 1. The zero-order valence-corrected chi connectivity index (χ0v) is 27.2. The van der Waals surface area contributed by atoms with E-state index in [1.54, 1.807) is 33.1 Å². The number of ether oxygens (including phenoxy) is 1. The first-order chi connectivity index (χ1) is 21.3. The number of halogens is 1. The van der Waals surface area contributed by atoms with Crippen LogP contribution in [0.2, 0.25) is 5.02 Å². The van der Waals surface area contributed by atoms with Gasteiger partial charge in [0.25, 0.3) is 5.91 Å². The fourth-order valence-electron chi connectivity index (χ4n) is 6.87. The maximum atomic E-state index is 14.2. The molecule has 1 saturated carbocycles. The second-order valence-electron chi connectivity index (χ2n) is 12.3. The highest BCUT2D eigenvalue weighted by molar-refractivity contribution is 6.37. The van der Waals surface area contributed by atoms with E-state index < -0.39 is 81.7 Å². The lowest BCUT2D eigenvalue weighted by atomic mass is 9.57. The molecule has 0 radical (unpaired) electrons. The van der Waals surface area contributed by atoms with Crippen LogP contribution in [0.3, 0.4) is 0 Å². The molecule has 4 rings (SSSR count). The van der Waals surface area contributed by atoms with Gasteiger partial charge in [-0.2, -0.15) is 0 Å². The van der Waals surface area contributed by atoms with Crippen LogP contribution >= 0.6 is 11.6 Å². The van der Waals surface area contributed by atoms with E-state index in [0.29, 0.717) is 11.3 Å². The minimum Gasteiger partial charge on any atom is -0.508 e. The van der Waals surface area contributed by atoms with Gasteiger partial charge in [-0.1, -0.05) is 11.6 Å². The number of nitrogens with two attached hydrogens (primary N) is 1. The number of phenolic OH excluding ortho intramolecular Hbond substituents is 1. The van der Waals surface area contributed by atoms with E-state index in [1.165, 1.54) is 31.0 Å². The molecule has 250 valence electrons. The van der Waals surface area contributed by atoms with E-state index in [-0.39, 0.29) is 41.1 Å². The molecule has 0 saturated heterocycles. The Morgan fingerprint density at radius 1 is 1.11 bits per heavy atom. The highest BCUT2D eigenvalue weighted by Gasteiger charge is 2.64. The summed E-state index contributed by atoms with van der Waals surface area (Å²) in [4.78, 5) is 69.5. The summed E-state index contributed by atoms with van der Waals surface area (Å²) < 4.78 is 4.69. The number of likely N-dealkylation sites (N-methyl/N-ethyl adjacent to an activating group) is 2. The maximum Gasteiger partial charge on any atom is 0.307 e. The summed E-state index contributed by atoms with van der Waals surface area (Å²) in [6.45, 7) is 0. The summed E-state index contributed by atoms with van der Waals surface area (Å²) in [5, 5.41) is 48.5. The van der Waals surface area contributed by atoms with Crippen molar-refractivity contribution in [2.75, 3.05) is 59.6 Å². The summed E-state index contributed by atoms with van der Waals surface area (Å²) >= 11 is 6.78. The van der Waals surface area contributed by atoms with Crippen molar-refractivity contribution in [2.45, 2.75) is 36.9 Å². The third kappa shape index (κ3) is 5.16. The molecule has 16 heteroatoms. The quantitative estimate of drug-likeness (QED) is 0.124. The van der Waals surface area contributed by atoms with Crippen molar-refractivity contribution in [1.82, 2.24) is 9.80 Å². The Balaban J connectivity index is 1.94. The molecule has 4 unspecified atom stereocenters.